The molecule has 0 bridgehead atoms. The fraction of sp³-hybridized carbons (Fsp3) is 0.867. The molecule has 0 radical (unpaired) electrons. The number of carbonyl (C=O) groups excluding carboxylic acids is 2. The smallest absolute Gasteiger partial charge is 0.323 e. The molecule has 2 saturated heterocycles. The molecule has 2 heterocycles. The Labute approximate surface area is 121 Å². The summed E-state index contributed by atoms with van der Waals surface area (Å²) in [5, 5.41) is 2.89. The summed E-state index contributed by atoms with van der Waals surface area (Å²) >= 11 is 0. The number of rotatable bonds is 5. The van der Waals surface area contributed by atoms with Crippen LogP contribution in [0.3, 0.4) is 0 Å². The highest BCUT2D eigenvalue weighted by molar-refractivity contribution is 6.06. The molecule has 1 atom stereocenters. The van der Waals surface area contributed by atoms with Crippen LogP contribution in [0.1, 0.15) is 52.9 Å². The summed E-state index contributed by atoms with van der Waals surface area (Å²) in [4.78, 5) is 28.2. The van der Waals surface area contributed by atoms with E-state index in [-0.39, 0.29) is 11.9 Å². The Balaban J connectivity index is 1.96. The summed E-state index contributed by atoms with van der Waals surface area (Å²) in [6.45, 7) is 8.54. The molecule has 5 nitrogen and oxygen atoms in total. The molecule has 0 unspecified atom stereocenters. The van der Waals surface area contributed by atoms with Gasteiger partial charge in [-0.2, -0.15) is 0 Å². The van der Waals surface area contributed by atoms with Gasteiger partial charge in [-0.05, 0) is 51.6 Å². The number of amides is 3. The largest absolute Gasteiger partial charge is 0.326 e. The zero-order valence-corrected chi connectivity index (χ0v) is 12.9. The molecule has 0 aromatic heterocycles. The number of likely N-dealkylation sites (tertiary alicyclic amines) is 1. The van der Waals surface area contributed by atoms with E-state index in [2.05, 4.69) is 24.1 Å². The van der Waals surface area contributed by atoms with Gasteiger partial charge in [-0.25, -0.2) is 9.69 Å². The van der Waals surface area contributed by atoms with Crippen LogP contribution in [0, 0.1) is 5.92 Å². The van der Waals surface area contributed by atoms with E-state index in [9.17, 15) is 9.59 Å². The maximum absolute atomic E-state index is 12.5. The van der Waals surface area contributed by atoms with Crippen LogP contribution in [-0.2, 0) is 4.79 Å². The molecule has 0 aliphatic carbocycles. The number of urea groups is 1. The molecule has 0 aromatic rings. The summed E-state index contributed by atoms with van der Waals surface area (Å²) in [6.07, 6.45) is 5.23. The molecule has 20 heavy (non-hydrogen) atoms. The average Bonchev–Trinajstić information content (AvgIpc) is 2.62. The first kappa shape index (κ1) is 15.3. The van der Waals surface area contributed by atoms with Crippen LogP contribution in [0.4, 0.5) is 4.79 Å². The Hall–Kier alpha value is -1.10. The van der Waals surface area contributed by atoms with Gasteiger partial charge in [0, 0.05) is 0 Å². The second-order valence-corrected chi connectivity index (χ2v) is 6.75. The van der Waals surface area contributed by atoms with Gasteiger partial charge in [0.1, 0.15) is 5.54 Å². The summed E-state index contributed by atoms with van der Waals surface area (Å²) < 4.78 is 0. The van der Waals surface area contributed by atoms with E-state index in [0.29, 0.717) is 19.0 Å². The van der Waals surface area contributed by atoms with Gasteiger partial charge in [0.05, 0.1) is 6.67 Å². The highest BCUT2D eigenvalue weighted by Crippen LogP contribution is 2.25. The predicted octanol–water partition coefficient (Wildman–Crippen LogP) is 2.18. The van der Waals surface area contributed by atoms with Crippen LogP contribution < -0.4 is 5.32 Å². The lowest BCUT2D eigenvalue weighted by atomic mass is 9.92. The van der Waals surface area contributed by atoms with Crippen molar-refractivity contribution in [3.63, 3.8) is 0 Å². The molecule has 3 amide bonds. The van der Waals surface area contributed by atoms with Crippen LogP contribution >= 0.6 is 0 Å². The third-order valence-corrected chi connectivity index (χ3v) is 4.36. The van der Waals surface area contributed by atoms with E-state index in [4.69, 9.17) is 0 Å². The highest BCUT2D eigenvalue weighted by atomic mass is 16.2. The first-order valence-corrected chi connectivity index (χ1v) is 7.79. The molecule has 2 aliphatic rings. The maximum Gasteiger partial charge on any atom is 0.326 e. The first-order valence-electron chi connectivity index (χ1n) is 7.79. The van der Waals surface area contributed by atoms with Crippen molar-refractivity contribution < 1.29 is 9.59 Å². The van der Waals surface area contributed by atoms with Crippen molar-refractivity contribution in [2.24, 2.45) is 5.92 Å². The van der Waals surface area contributed by atoms with Crippen molar-refractivity contribution >= 4 is 11.9 Å². The van der Waals surface area contributed by atoms with Gasteiger partial charge >= 0.3 is 6.03 Å². The van der Waals surface area contributed by atoms with E-state index in [1.165, 1.54) is 11.3 Å². The van der Waals surface area contributed by atoms with Crippen molar-refractivity contribution in [3.05, 3.63) is 0 Å². The minimum absolute atomic E-state index is 0.0614. The van der Waals surface area contributed by atoms with Crippen LogP contribution in [0.25, 0.3) is 0 Å². The molecule has 0 spiro atoms. The summed E-state index contributed by atoms with van der Waals surface area (Å²) in [6, 6.07) is -0.230. The molecule has 2 aliphatic heterocycles. The number of hydrogen-bond donors (Lipinski definition) is 1. The van der Waals surface area contributed by atoms with Crippen molar-refractivity contribution in [3.8, 4) is 0 Å². The van der Waals surface area contributed by atoms with Gasteiger partial charge in [0.25, 0.3) is 5.91 Å². The topological polar surface area (TPSA) is 52.7 Å². The van der Waals surface area contributed by atoms with Crippen molar-refractivity contribution in [2.45, 2.75) is 58.4 Å². The number of hydrogen-bond acceptors (Lipinski definition) is 3. The Bertz CT molecular complexity index is 377. The molecular weight excluding hydrogens is 254 g/mol. The van der Waals surface area contributed by atoms with Gasteiger partial charge in [-0.1, -0.05) is 20.3 Å². The minimum Gasteiger partial charge on any atom is -0.323 e. The normalized spacial score (nSPS) is 28.3. The average molecular weight is 281 g/mol. The standard InChI is InChI=1S/C15H27N3O2/c1-12(2)7-8-15(3)13(19)18(14(20)16-15)11-17-9-5-4-6-10-17/h12H,4-11H2,1-3H3,(H,16,20)/t15-/m0/s1. The Morgan fingerprint density at radius 3 is 2.45 bits per heavy atom. The second kappa shape index (κ2) is 6.12. The van der Waals surface area contributed by atoms with Crippen molar-refractivity contribution in [1.29, 1.82) is 0 Å². The van der Waals surface area contributed by atoms with Crippen LogP contribution in [0.15, 0.2) is 0 Å². The fourth-order valence-corrected chi connectivity index (χ4v) is 2.92. The van der Waals surface area contributed by atoms with E-state index in [1.54, 1.807) is 0 Å². The number of carbonyl (C=O) groups is 2. The maximum atomic E-state index is 12.5. The van der Waals surface area contributed by atoms with Gasteiger partial charge in [0.2, 0.25) is 0 Å². The molecule has 114 valence electrons. The Morgan fingerprint density at radius 2 is 1.85 bits per heavy atom. The third-order valence-electron chi connectivity index (χ3n) is 4.36. The van der Waals surface area contributed by atoms with Gasteiger partial charge in [-0.3, -0.25) is 9.69 Å². The lowest BCUT2D eigenvalue weighted by Gasteiger charge is -2.30. The molecule has 0 saturated carbocycles. The van der Waals surface area contributed by atoms with Gasteiger partial charge in [-0.15, -0.1) is 0 Å². The summed E-state index contributed by atoms with van der Waals surface area (Å²) in [5.74, 6) is 0.474. The quantitative estimate of drug-likeness (QED) is 0.786. The summed E-state index contributed by atoms with van der Waals surface area (Å²) in [7, 11) is 0. The van der Waals surface area contributed by atoms with E-state index >= 15 is 0 Å². The third kappa shape index (κ3) is 3.32. The lowest BCUT2D eigenvalue weighted by Crippen LogP contribution is -2.46. The molecule has 2 rings (SSSR count). The fourth-order valence-electron chi connectivity index (χ4n) is 2.92. The number of piperidine rings is 1. The highest BCUT2D eigenvalue weighted by Gasteiger charge is 2.47. The van der Waals surface area contributed by atoms with Crippen molar-refractivity contribution in [2.75, 3.05) is 19.8 Å². The number of nitrogens with zero attached hydrogens (tertiary/aromatic N) is 2. The molecule has 2 fully saturated rings. The Kier molecular flexibility index (Phi) is 4.68. The second-order valence-electron chi connectivity index (χ2n) is 6.75. The van der Waals surface area contributed by atoms with E-state index in [1.807, 2.05) is 6.92 Å². The molecule has 0 aromatic carbocycles. The monoisotopic (exact) mass is 281 g/mol. The minimum atomic E-state index is -0.711. The molecule has 5 heteroatoms. The van der Waals surface area contributed by atoms with Gasteiger partial charge in [0.15, 0.2) is 0 Å². The SMILES string of the molecule is CC(C)CC[C@]1(C)NC(=O)N(CN2CCCCC2)C1=O. The zero-order chi connectivity index (χ0) is 14.8. The molecular formula is C15H27N3O2. The van der Waals surface area contributed by atoms with Crippen LogP contribution in [0.5, 0.6) is 0 Å². The first-order chi connectivity index (χ1) is 9.42. The number of imide groups is 1. The Morgan fingerprint density at radius 1 is 1.20 bits per heavy atom. The lowest BCUT2D eigenvalue weighted by molar-refractivity contribution is -0.132. The van der Waals surface area contributed by atoms with Crippen molar-refractivity contribution in [1.82, 2.24) is 15.1 Å². The van der Waals surface area contributed by atoms with E-state index in [0.717, 1.165) is 32.4 Å². The summed E-state index contributed by atoms with van der Waals surface area (Å²) in [5.41, 5.74) is -0.711. The molecule has 1 N–H and O–H groups in total. The van der Waals surface area contributed by atoms with E-state index < -0.39 is 5.54 Å². The predicted molar refractivity (Wildman–Crippen MR) is 78.1 cm³/mol. The van der Waals surface area contributed by atoms with Gasteiger partial charge < -0.3 is 5.32 Å². The number of nitrogens with one attached hydrogen (secondary N) is 1. The van der Waals surface area contributed by atoms with Crippen LogP contribution in [0.2, 0.25) is 0 Å². The zero-order valence-electron chi connectivity index (χ0n) is 12.9. The van der Waals surface area contributed by atoms with Crippen LogP contribution in [-0.4, -0.2) is 47.0 Å².